The molecule has 0 bridgehead atoms. The minimum absolute atomic E-state index is 0.254. The number of rotatable bonds is 5. The highest BCUT2D eigenvalue weighted by atomic mass is 16.4. The molecule has 0 unspecified atom stereocenters. The zero-order chi connectivity index (χ0) is 10.3. The number of urea groups is 1. The quantitative estimate of drug-likeness (QED) is 0.334. The van der Waals surface area contributed by atoms with Gasteiger partial charge in [0.15, 0.2) is 6.04 Å². The van der Waals surface area contributed by atoms with Crippen LogP contribution >= 0.6 is 0 Å². The fourth-order valence-corrected chi connectivity index (χ4v) is 0.580. The minimum atomic E-state index is -1.29. The van der Waals surface area contributed by atoms with Crippen molar-refractivity contribution < 1.29 is 19.8 Å². The first-order chi connectivity index (χ1) is 6.11. The second kappa shape index (κ2) is 6.21. The van der Waals surface area contributed by atoms with Crippen LogP contribution < -0.4 is 16.4 Å². The average molecular weight is 191 g/mol. The van der Waals surface area contributed by atoms with Crippen molar-refractivity contribution in [2.45, 2.75) is 6.04 Å². The first-order valence-corrected chi connectivity index (χ1v) is 3.70. The molecule has 76 valence electrons. The normalized spacial score (nSPS) is 11.8. The lowest BCUT2D eigenvalue weighted by Gasteiger charge is -2.11. The first kappa shape index (κ1) is 11.7. The van der Waals surface area contributed by atoms with E-state index in [1.165, 1.54) is 0 Å². The summed E-state index contributed by atoms with van der Waals surface area (Å²) in [4.78, 5) is 21.1. The summed E-state index contributed by atoms with van der Waals surface area (Å²) in [6.45, 7) is -0.126. The van der Waals surface area contributed by atoms with Crippen molar-refractivity contribution in [1.82, 2.24) is 10.6 Å². The molecule has 0 aliphatic carbocycles. The van der Waals surface area contributed by atoms with Gasteiger partial charge in [-0.3, -0.25) is 0 Å². The molecule has 7 heteroatoms. The molecule has 0 aliphatic rings. The number of carboxylic acid groups (broad SMARTS) is 1. The highest BCUT2D eigenvalue weighted by Gasteiger charge is 2.17. The Morgan fingerprint density at radius 1 is 1.46 bits per heavy atom. The molecule has 13 heavy (non-hydrogen) atoms. The maximum absolute atomic E-state index is 10.8. The fraction of sp³-hybridized carbons (Fsp3) is 0.667. The number of nitrogens with two attached hydrogens (primary N) is 1. The van der Waals surface area contributed by atoms with Crippen LogP contribution in [0.1, 0.15) is 0 Å². The third-order valence-electron chi connectivity index (χ3n) is 1.22. The molecule has 6 N–H and O–H groups in total. The molecule has 0 aromatic rings. The predicted molar refractivity (Wildman–Crippen MR) is 44.1 cm³/mol. The van der Waals surface area contributed by atoms with Gasteiger partial charge in [-0.15, -0.1) is 0 Å². The van der Waals surface area contributed by atoms with Gasteiger partial charge < -0.3 is 26.6 Å². The van der Waals surface area contributed by atoms with Crippen LogP contribution in [0, 0.1) is 0 Å². The Kier molecular flexibility index (Phi) is 5.57. The molecule has 1 atom stereocenters. The van der Waals surface area contributed by atoms with Crippen molar-refractivity contribution in [3.05, 3.63) is 0 Å². The Hall–Kier alpha value is -1.34. The molecule has 0 saturated heterocycles. The number of amides is 2. The van der Waals surface area contributed by atoms with E-state index in [0.717, 1.165) is 0 Å². The molecule has 0 radical (unpaired) electrons. The van der Waals surface area contributed by atoms with Crippen molar-refractivity contribution in [3.8, 4) is 0 Å². The Balaban J connectivity index is 3.80. The zero-order valence-corrected chi connectivity index (χ0v) is 6.99. The molecule has 0 heterocycles. The summed E-state index contributed by atoms with van der Waals surface area (Å²) >= 11 is 0. The summed E-state index contributed by atoms with van der Waals surface area (Å²) in [7, 11) is 0. The van der Waals surface area contributed by atoms with Crippen LogP contribution in [0.2, 0.25) is 0 Å². The van der Waals surface area contributed by atoms with Crippen LogP contribution in [0.4, 0.5) is 4.79 Å². The number of carbonyl (C=O) groups excluding carboxylic acids is 1. The minimum Gasteiger partial charge on any atom is -0.480 e. The largest absolute Gasteiger partial charge is 0.480 e. The molecule has 0 fully saturated rings. The predicted octanol–water partition coefficient (Wildman–Crippen LogP) is -2.31. The SMILES string of the molecule is NCCNC(=O)N[C@@H](CO)C(=O)O. The molecule has 0 aromatic heterocycles. The van der Waals surface area contributed by atoms with Crippen LogP contribution in [0.5, 0.6) is 0 Å². The summed E-state index contributed by atoms with van der Waals surface area (Å²) in [5, 5.41) is 21.3. The number of carboxylic acids is 1. The number of hydrogen-bond donors (Lipinski definition) is 5. The Bertz CT molecular complexity index is 185. The molecule has 7 nitrogen and oxygen atoms in total. The second-order valence-electron chi connectivity index (χ2n) is 2.26. The Morgan fingerprint density at radius 3 is 2.46 bits per heavy atom. The highest BCUT2D eigenvalue weighted by Crippen LogP contribution is 1.81. The van der Waals surface area contributed by atoms with E-state index in [1.54, 1.807) is 0 Å². The lowest BCUT2D eigenvalue weighted by molar-refractivity contribution is -0.140. The molecular weight excluding hydrogens is 178 g/mol. The van der Waals surface area contributed by atoms with Crippen LogP contribution in [-0.4, -0.2) is 48.0 Å². The third kappa shape index (κ3) is 4.99. The van der Waals surface area contributed by atoms with Crippen molar-refractivity contribution >= 4 is 12.0 Å². The van der Waals surface area contributed by atoms with E-state index in [9.17, 15) is 9.59 Å². The van der Waals surface area contributed by atoms with Gasteiger partial charge in [-0.25, -0.2) is 9.59 Å². The monoisotopic (exact) mass is 191 g/mol. The standard InChI is InChI=1S/C6H13N3O4/c7-1-2-8-6(13)9-4(3-10)5(11)12/h4,10H,1-3,7H2,(H,11,12)(H2,8,9,13)/t4-/m0/s1. The summed E-state index contributed by atoms with van der Waals surface area (Å²) in [6, 6.07) is -1.94. The van der Waals surface area contributed by atoms with E-state index in [0.29, 0.717) is 0 Å². The van der Waals surface area contributed by atoms with Crippen LogP contribution in [0.25, 0.3) is 0 Å². The lowest BCUT2D eigenvalue weighted by atomic mass is 10.3. The summed E-state index contributed by atoms with van der Waals surface area (Å²) in [5.74, 6) is -1.29. The number of carbonyl (C=O) groups is 2. The van der Waals surface area contributed by atoms with E-state index in [4.69, 9.17) is 15.9 Å². The maximum Gasteiger partial charge on any atom is 0.328 e. The Labute approximate surface area is 74.9 Å². The first-order valence-electron chi connectivity index (χ1n) is 3.70. The molecule has 0 spiro atoms. The molecule has 0 aliphatic heterocycles. The second-order valence-corrected chi connectivity index (χ2v) is 2.26. The van der Waals surface area contributed by atoms with E-state index < -0.39 is 24.6 Å². The topological polar surface area (TPSA) is 125 Å². The van der Waals surface area contributed by atoms with E-state index in [2.05, 4.69) is 5.32 Å². The van der Waals surface area contributed by atoms with Gasteiger partial charge in [0, 0.05) is 13.1 Å². The maximum atomic E-state index is 10.8. The number of aliphatic hydroxyl groups is 1. The third-order valence-corrected chi connectivity index (χ3v) is 1.22. The number of nitrogens with one attached hydrogen (secondary N) is 2. The van der Waals surface area contributed by atoms with Crippen molar-refractivity contribution in [1.29, 1.82) is 0 Å². The van der Waals surface area contributed by atoms with Gasteiger partial charge in [-0.05, 0) is 0 Å². The van der Waals surface area contributed by atoms with Gasteiger partial charge >= 0.3 is 12.0 Å². The summed E-state index contributed by atoms with van der Waals surface area (Å²) < 4.78 is 0. The highest BCUT2D eigenvalue weighted by molar-refractivity contribution is 5.82. The van der Waals surface area contributed by atoms with E-state index in [1.807, 2.05) is 5.32 Å². The van der Waals surface area contributed by atoms with Crippen molar-refractivity contribution in [2.24, 2.45) is 5.73 Å². The van der Waals surface area contributed by atoms with Gasteiger partial charge in [0.1, 0.15) is 0 Å². The molecule has 0 aromatic carbocycles. The number of hydrogen-bond acceptors (Lipinski definition) is 4. The summed E-state index contributed by atoms with van der Waals surface area (Å²) in [6.07, 6.45) is 0. The van der Waals surface area contributed by atoms with E-state index in [-0.39, 0.29) is 13.1 Å². The van der Waals surface area contributed by atoms with Crippen molar-refractivity contribution in [3.63, 3.8) is 0 Å². The molecule has 0 saturated carbocycles. The van der Waals surface area contributed by atoms with Gasteiger partial charge in [-0.2, -0.15) is 0 Å². The van der Waals surface area contributed by atoms with Gasteiger partial charge in [0.2, 0.25) is 0 Å². The van der Waals surface area contributed by atoms with E-state index >= 15 is 0 Å². The van der Waals surface area contributed by atoms with Crippen LogP contribution in [0.3, 0.4) is 0 Å². The summed E-state index contributed by atoms with van der Waals surface area (Å²) in [5.41, 5.74) is 5.09. The zero-order valence-electron chi connectivity index (χ0n) is 6.99. The van der Waals surface area contributed by atoms with Crippen LogP contribution in [-0.2, 0) is 4.79 Å². The fourth-order valence-electron chi connectivity index (χ4n) is 0.580. The molecule has 2 amide bonds. The lowest BCUT2D eigenvalue weighted by Crippen LogP contribution is -2.48. The van der Waals surface area contributed by atoms with Gasteiger partial charge in [0.05, 0.1) is 6.61 Å². The Morgan fingerprint density at radius 2 is 2.08 bits per heavy atom. The van der Waals surface area contributed by atoms with Crippen molar-refractivity contribution in [2.75, 3.05) is 19.7 Å². The smallest absolute Gasteiger partial charge is 0.328 e. The molecule has 0 rings (SSSR count). The molecular formula is C6H13N3O4. The van der Waals surface area contributed by atoms with Gasteiger partial charge in [0.25, 0.3) is 0 Å². The van der Waals surface area contributed by atoms with Gasteiger partial charge in [-0.1, -0.05) is 0 Å². The number of aliphatic carboxylic acids is 1. The number of aliphatic hydroxyl groups excluding tert-OH is 1. The average Bonchev–Trinajstić information content (AvgIpc) is 2.10. The van der Waals surface area contributed by atoms with Crippen LogP contribution in [0.15, 0.2) is 0 Å².